The first-order valence-electron chi connectivity index (χ1n) is 11.1. The van der Waals surface area contributed by atoms with Crippen LogP contribution >= 0.6 is 11.8 Å². The number of imidazole rings is 1. The summed E-state index contributed by atoms with van der Waals surface area (Å²) in [7, 11) is 0. The zero-order chi connectivity index (χ0) is 22.9. The minimum absolute atomic E-state index is 0.0896. The Morgan fingerprint density at radius 2 is 2.21 bits per heavy atom. The smallest absolute Gasteiger partial charge is 0.315 e. The van der Waals surface area contributed by atoms with E-state index < -0.39 is 18.4 Å². The number of fused-ring (bicyclic) bond motifs is 2. The van der Waals surface area contributed by atoms with Crippen molar-refractivity contribution in [2.24, 2.45) is 0 Å². The molecule has 13 heteroatoms. The van der Waals surface area contributed by atoms with Gasteiger partial charge in [-0.05, 0) is 12.8 Å². The van der Waals surface area contributed by atoms with Crippen LogP contribution in [0, 0.1) is 0 Å². The molecule has 33 heavy (non-hydrogen) atoms. The van der Waals surface area contributed by atoms with Gasteiger partial charge in [0.05, 0.1) is 31.1 Å². The van der Waals surface area contributed by atoms with Gasteiger partial charge in [0.1, 0.15) is 17.9 Å². The first kappa shape index (κ1) is 22.2. The van der Waals surface area contributed by atoms with Crippen molar-refractivity contribution in [2.75, 3.05) is 18.1 Å². The van der Waals surface area contributed by atoms with Crippen LogP contribution in [-0.2, 0) is 14.3 Å². The number of anilines is 1. The molecule has 0 aromatic carbocycles. The van der Waals surface area contributed by atoms with Crippen molar-refractivity contribution in [2.45, 2.75) is 67.9 Å². The minimum atomic E-state index is -0.657. The molecule has 3 aliphatic rings. The Hall–Kier alpha value is -2.64. The average molecular weight is 478 g/mol. The number of aliphatic hydroxyl groups is 1. The highest BCUT2D eigenvalue weighted by atomic mass is 32.2. The second kappa shape index (κ2) is 9.31. The summed E-state index contributed by atoms with van der Waals surface area (Å²) >= 11 is 1.86. The van der Waals surface area contributed by atoms with Gasteiger partial charge in [0, 0.05) is 23.8 Å². The lowest BCUT2D eigenvalue weighted by molar-refractivity contribution is -0.155. The van der Waals surface area contributed by atoms with E-state index in [0.29, 0.717) is 35.7 Å². The van der Waals surface area contributed by atoms with Crippen molar-refractivity contribution in [1.82, 2.24) is 30.2 Å². The molecule has 5 rings (SSSR count). The van der Waals surface area contributed by atoms with Crippen LogP contribution in [0.2, 0.25) is 0 Å². The summed E-state index contributed by atoms with van der Waals surface area (Å²) in [6, 6.07) is 0.286. The lowest BCUT2D eigenvalue weighted by atomic mass is 10.0. The Bertz CT molecular complexity index is 1040. The van der Waals surface area contributed by atoms with E-state index in [0.717, 1.165) is 18.6 Å². The van der Waals surface area contributed by atoms with Gasteiger partial charge in [-0.1, -0.05) is 6.42 Å². The topological polar surface area (TPSA) is 167 Å². The predicted octanol–water partition coefficient (Wildman–Crippen LogP) is 0.326. The number of aromatic nitrogens is 4. The minimum Gasteiger partial charge on any atom is -0.457 e. The quantitative estimate of drug-likeness (QED) is 0.236. The van der Waals surface area contributed by atoms with Crippen LogP contribution in [0.25, 0.3) is 11.2 Å². The van der Waals surface area contributed by atoms with Gasteiger partial charge in [-0.25, -0.2) is 19.7 Å². The Morgan fingerprint density at radius 1 is 1.33 bits per heavy atom. The number of nitrogen functional groups attached to an aromatic ring is 1. The van der Waals surface area contributed by atoms with E-state index in [4.69, 9.17) is 15.2 Å². The van der Waals surface area contributed by atoms with Gasteiger partial charge < -0.3 is 30.9 Å². The second-order valence-electron chi connectivity index (χ2n) is 8.55. The fraction of sp³-hybridized carbons (Fsp3) is 0.650. The van der Waals surface area contributed by atoms with Crippen molar-refractivity contribution >= 4 is 40.7 Å². The molecule has 3 saturated heterocycles. The highest BCUT2D eigenvalue weighted by molar-refractivity contribution is 8.00. The van der Waals surface area contributed by atoms with Crippen molar-refractivity contribution in [3.63, 3.8) is 0 Å². The standard InChI is InChI=1S/C20H27N7O5S/c21-17-16-18(23-8-22-17)27(9-24-16)19-12(5-10(6-28)31-19)32-14(29)4-2-1-3-13-15-11(7-33-13)25-20(30)26-15/h8-13,15,19,28H,1-7H2,(H2,21,22,23)(H2,25,26,30)/t10-,11-,12?,13-,15-,19+/m0/s1. The van der Waals surface area contributed by atoms with E-state index in [1.165, 1.54) is 12.7 Å². The van der Waals surface area contributed by atoms with Crippen LogP contribution in [-0.4, -0.2) is 78.5 Å². The SMILES string of the molecule is Nc1ncnc2c1ncn2[C@@H]1O[C@H](CO)CC1OC(=O)CCCC[C@@H]1SC[C@@H]2NC(=O)N[C@@H]21. The third-order valence-corrected chi connectivity index (χ3v) is 7.86. The first-order valence-corrected chi connectivity index (χ1v) is 12.2. The number of hydrogen-bond acceptors (Lipinski definition) is 10. The molecule has 3 aliphatic heterocycles. The molecule has 3 fully saturated rings. The van der Waals surface area contributed by atoms with Crippen molar-refractivity contribution in [3.8, 4) is 0 Å². The summed E-state index contributed by atoms with van der Waals surface area (Å²) in [5, 5.41) is 15.9. The molecule has 5 N–H and O–H groups in total. The van der Waals surface area contributed by atoms with E-state index >= 15 is 0 Å². The normalized spacial score (nSPS) is 30.9. The van der Waals surface area contributed by atoms with Crippen LogP contribution in [0.3, 0.4) is 0 Å². The van der Waals surface area contributed by atoms with Gasteiger partial charge in [-0.15, -0.1) is 0 Å². The zero-order valence-corrected chi connectivity index (χ0v) is 18.7. The Balaban J connectivity index is 1.15. The third kappa shape index (κ3) is 4.44. The van der Waals surface area contributed by atoms with Gasteiger partial charge in [0.15, 0.2) is 17.7 Å². The van der Waals surface area contributed by atoms with Gasteiger partial charge in [-0.2, -0.15) is 11.8 Å². The summed E-state index contributed by atoms with van der Waals surface area (Å²) in [6.45, 7) is -0.180. The monoisotopic (exact) mass is 477 g/mol. The molecule has 0 saturated carbocycles. The Morgan fingerprint density at radius 3 is 3.06 bits per heavy atom. The number of hydrogen-bond donors (Lipinski definition) is 4. The number of thioether (sulfide) groups is 1. The number of amides is 2. The molecule has 1 unspecified atom stereocenters. The molecular formula is C20H27N7O5S. The third-order valence-electron chi connectivity index (χ3n) is 6.35. The molecule has 0 aliphatic carbocycles. The first-order chi connectivity index (χ1) is 16.0. The van der Waals surface area contributed by atoms with E-state index in [9.17, 15) is 14.7 Å². The number of nitrogens with zero attached hydrogens (tertiary/aromatic N) is 4. The molecule has 2 aromatic rings. The average Bonchev–Trinajstić information content (AvgIpc) is 3.55. The Kier molecular flexibility index (Phi) is 6.25. The predicted molar refractivity (Wildman–Crippen MR) is 119 cm³/mol. The lowest BCUT2D eigenvalue weighted by Crippen LogP contribution is -2.36. The maximum Gasteiger partial charge on any atom is 0.315 e. The number of aliphatic hydroxyl groups excluding tert-OH is 1. The van der Waals surface area contributed by atoms with Gasteiger partial charge in [0.2, 0.25) is 0 Å². The molecule has 0 spiro atoms. The zero-order valence-electron chi connectivity index (χ0n) is 17.9. The summed E-state index contributed by atoms with van der Waals surface area (Å²) in [4.78, 5) is 36.5. The summed E-state index contributed by atoms with van der Waals surface area (Å²) in [6.07, 6.45) is 4.37. The fourth-order valence-electron chi connectivity index (χ4n) is 4.73. The van der Waals surface area contributed by atoms with Crippen molar-refractivity contribution in [3.05, 3.63) is 12.7 Å². The number of esters is 1. The molecule has 0 radical (unpaired) electrons. The van der Waals surface area contributed by atoms with Gasteiger partial charge in [-0.3, -0.25) is 9.36 Å². The second-order valence-corrected chi connectivity index (χ2v) is 9.82. The number of urea groups is 1. The number of carbonyl (C=O) groups excluding carboxylic acids is 2. The number of ether oxygens (including phenoxy) is 2. The number of nitrogens with two attached hydrogens (primary N) is 1. The maximum atomic E-state index is 12.6. The molecule has 6 atom stereocenters. The van der Waals surface area contributed by atoms with Gasteiger partial charge in [0.25, 0.3) is 0 Å². The lowest BCUT2D eigenvalue weighted by Gasteiger charge is -2.20. The number of carbonyl (C=O) groups is 2. The molecule has 2 amide bonds. The van der Waals surface area contributed by atoms with Crippen LogP contribution < -0.4 is 16.4 Å². The summed E-state index contributed by atoms with van der Waals surface area (Å²) < 4.78 is 13.3. The van der Waals surface area contributed by atoms with E-state index in [2.05, 4.69) is 25.6 Å². The molecule has 12 nitrogen and oxygen atoms in total. The molecule has 2 aromatic heterocycles. The number of unbranched alkanes of at least 4 members (excludes halogenated alkanes) is 1. The molecular weight excluding hydrogens is 450 g/mol. The fourth-order valence-corrected chi connectivity index (χ4v) is 6.27. The van der Waals surface area contributed by atoms with E-state index in [1.807, 2.05) is 11.8 Å². The van der Waals surface area contributed by atoms with Crippen LogP contribution in [0.4, 0.5) is 10.6 Å². The van der Waals surface area contributed by atoms with E-state index in [-0.39, 0.29) is 36.5 Å². The van der Waals surface area contributed by atoms with Crippen LogP contribution in [0.15, 0.2) is 12.7 Å². The maximum absolute atomic E-state index is 12.6. The Labute approximate surface area is 194 Å². The van der Waals surface area contributed by atoms with E-state index in [1.54, 1.807) is 4.57 Å². The van der Waals surface area contributed by atoms with Gasteiger partial charge >= 0.3 is 12.0 Å². The van der Waals surface area contributed by atoms with Crippen LogP contribution in [0.5, 0.6) is 0 Å². The van der Waals surface area contributed by atoms with Crippen LogP contribution in [0.1, 0.15) is 38.3 Å². The highest BCUT2D eigenvalue weighted by Crippen LogP contribution is 2.35. The number of nitrogens with one attached hydrogen (secondary N) is 2. The molecule has 178 valence electrons. The number of rotatable bonds is 8. The molecule has 5 heterocycles. The van der Waals surface area contributed by atoms with Crippen molar-refractivity contribution in [1.29, 1.82) is 0 Å². The largest absolute Gasteiger partial charge is 0.457 e. The summed E-state index contributed by atoms with van der Waals surface area (Å²) in [5.74, 6) is 0.868. The highest BCUT2D eigenvalue weighted by Gasteiger charge is 2.43. The molecule has 0 bridgehead atoms. The summed E-state index contributed by atoms with van der Waals surface area (Å²) in [5.41, 5.74) is 6.79. The van der Waals surface area contributed by atoms with Crippen molar-refractivity contribution < 1.29 is 24.2 Å².